The number of ether oxygens (including phenoxy) is 3. The zero-order valence-corrected chi connectivity index (χ0v) is 22.4. The summed E-state index contributed by atoms with van der Waals surface area (Å²) in [7, 11) is 4.00. The van der Waals surface area contributed by atoms with Crippen molar-refractivity contribution in [3.05, 3.63) is 107 Å². The molecule has 1 heterocycles. The molecule has 0 bridgehead atoms. The van der Waals surface area contributed by atoms with Gasteiger partial charge in [-0.3, -0.25) is 0 Å². The summed E-state index contributed by atoms with van der Waals surface area (Å²) < 4.78 is 19.0. The molecule has 0 aliphatic rings. The number of carbonyl (C=O) groups is 2. The largest absolute Gasteiger partial charge is 0.508 e. The number of rotatable bonds is 9. The molecule has 8 nitrogen and oxygen atoms in total. The highest BCUT2D eigenvalue weighted by molar-refractivity contribution is 5.92. The molecule has 0 aliphatic heterocycles. The van der Waals surface area contributed by atoms with Crippen molar-refractivity contribution >= 4 is 17.6 Å². The van der Waals surface area contributed by atoms with E-state index >= 15 is 0 Å². The quantitative estimate of drug-likeness (QED) is 0.189. The van der Waals surface area contributed by atoms with Gasteiger partial charge in [0.05, 0.1) is 11.1 Å². The summed E-state index contributed by atoms with van der Waals surface area (Å²) in [5.41, 5.74) is 3.17. The first kappa shape index (κ1) is 27.2. The fourth-order valence-electron chi connectivity index (χ4n) is 3.76. The van der Waals surface area contributed by atoms with E-state index < -0.39 is 11.9 Å². The van der Waals surface area contributed by atoms with Crippen molar-refractivity contribution in [1.29, 1.82) is 0 Å². The summed E-state index contributed by atoms with van der Waals surface area (Å²) in [6, 6.07) is 19.9. The number of phenolic OH excluding ortho intramolecular Hbond substituents is 1. The first-order valence-corrected chi connectivity index (χ1v) is 12.4. The molecule has 0 saturated heterocycles. The number of aromatic hydroxyl groups is 1. The third kappa shape index (κ3) is 6.93. The van der Waals surface area contributed by atoms with Crippen LogP contribution in [0.25, 0.3) is 0 Å². The highest BCUT2D eigenvalue weighted by atomic mass is 16.5. The van der Waals surface area contributed by atoms with Crippen molar-refractivity contribution in [1.82, 2.24) is 0 Å². The van der Waals surface area contributed by atoms with Crippen LogP contribution in [-0.4, -0.2) is 37.7 Å². The van der Waals surface area contributed by atoms with Crippen LogP contribution < -0.4 is 23.7 Å². The fourth-order valence-corrected chi connectivity index (χ4v) is 3.76. The average Bonchev–Trinajstić information content (AvgIpc) is 2.93. The molecule has 4 rings (SSSR count). The van der Waals surface area contributed by atoms with Crippen molar-refractivity contribution in [2.45, 2.75) is 20.4 Å². The number of nitrogens with zero attached hydrogens (tertiary/aromatic N) is 2. The molecule has 0 fully saturated rings. The Hall–Kier alpha value is -4.85. The van der Waals surface area contributed by atoms with Crippen LogP contribution in [0.1, 0.15) is 31.8 Å². The Morgan fingerprint density at radius 2 is 1.23 bits per heavy atom. The summed E-state index contributed by atoms with van der Waals surface area (Å²) >= 11 is 0. The minimum absolute atomic E-state index is 0.0629. The SMILES string of the molecule is Cc1c(OC(=O)c2ccc(O)cc2)ccc(OC(=O)c2ccc(OCC[n+]3ccc(N(C)C)cc3)cc2)c1C. The Morgan fingerprint density at radius 3 is 1.72 bits per heavy atom. The Balaban J connectivity index is 1.32. The van der Waals surface area contributed by atoms with E-state index in [1.54, 1.807) is 50.2 Å². The molecule has 0 spiro atoms. The predicted molar refractivity (Wildman–Crippen MR) is 147 cm³/mol. The predicted octanol–water partition coefficient (Wildman–Crippen LogP) is 4.88. The van der Waals surface area contributed by atoms with Gasteiger partial charge in [-0.25, -0.2) is 14.2 Å². The van der Waals surface area contributed by atoms with Crippen molar-refractivity contribution in [2.75, 3.05) is 25.6 Å². The summed E-state index contributed by atoms with van der Waals surface area (Å²) in [6.07, 6.45) is 4.02. The number of esters is 2. The van der Waals surface area contributed by atoms with Crippen LogP contribution >= 0.6 is 0 Å². The van der Waals surface area contributed by atoms with Crippen molar-refractivity contribution in [3.8, 4) is 23.0 Å². The lowest BCUT2D eigenvalue weighted by molar-refractivity contribution is -0.697. The first-order chi connectivity index (χ1) is 18.7. The highest BCUT2D eigenvalue weighted by Gasteiger charge is 2.16. The Bertz CT molecular complexity index is 1450. The number of hydrogen-bond acceptors (Lipinski definition) is 7. The molecule has 39 heavy (non-hydrogen) atoms. The van der Waals surface area contributed by atoms with Crippen LogP contribution in [0.5, 0.6) is 23.0 Å². The lowest BCUT2D eigenvalue weighted by atomic mass is 10.1. The Kier molecular flexibility index (Phi) is 8.46. The molecular formula is C31H31N2O6+. The zero-order chi connectivity index (χ0) is 27.9. The number of carbonyl (C=O) groups excluding carboxylic acids is 2. The lowest BCUT2D eigenvalue weighted by Gasteiger charge is -2.14. The highest BCUT2D eigenvalue weighted by Crippen LogP contribution is 2.30. The third-order valence-electron chi connectivity index (χ3n) is 6.29. The standard InChI is InChI=1S/C31H30N2O6/c1-21-22(2)29(14-13-28(21)38-30(35)23-5-9-26(34)10-6-23)39-31(36)24-7-11-27(12-8-24)37-20-19-33-17-15-25(16-18-33)32(3)4/h5-18H,19-20H2,1-4H3/p+1. The number of pyridine rings is 1. The van der Waals surface area contributed by atoms with Gasteiger partial charge in [-0.05, 0) is 85.6 Å². The van der Waals surface area contributed by atoms with Crippen LogP contribution in [0.15, 0.2) is 85.2 Å². The molecule has 8 heteroatoms. The smallest absolute Gasteiger partial charge is 0.343 e. The maximum Gasteiger partial charge on any atom is 0.343 e. The van der Waals surface area contributed by atoms with E-state index in [9.17, 15) is 14.7 Å². The first-order valence-electron chi connectivity index (χ1n) is 12.4. The van der Waals surface area contributed by atoms with Crippen molar-refractivity contribution in [3.63, 3.8) is 0 Å². The molecule has 0 aliphatic carbocycles. The van der Waals surface area contributed by atoms with E-state index in [-0.39, 0.29) is 5.75 Å². The van der Waals surface area contributed by atoms with Crippen LogP contribution in [0.4, 0.5) is 5.69 Å². The summed E-state index contributed by atoms with van der Waals surface area (Å²) in [5, 5.41) is 9.40. The molecule has 200 valence electrons. The van der Waals surface area contributed by atoms with Crippen molar-refractivity contribution in [2.24, 2.45) is 0 Å². The number of hydrogen-bond donors (Lipinski definition) is 1. The van der Waals surface area contributed by atoms with Gasteiger partial charge in [-0.1, -0.05) is 0 Å². The molecule has 1 N–H and O–H groups in total. The van der Waals surface area contributed by atoms with E-state index in [1.165, 1.54) is 24.3 Å². The minimum Gasteiger partial charge on any atom is -0.508 e. The average molecular weight is 528 g/mol. The van der Waals surface area contributed by atoms with E-state index in [0.29, 0.717) is 52.7 Å². The van der Waals surface area contributed by atoms with Gasteiger partial charge in [0.1, 0.15) is 29.6 Å². The second-order valence-electron chi connectivity index (χ2n) is 9.20. The molecule has 0 saturated carbocycles. The Labute approximate surface area is 227 Å². The summed E-state index contributed by atoms with van der Waals surface area (Å²) in [4.78, 5) is 27.2. The minimum atomic E-state index is -0.551. The van der Waals surface area contributed by atoms with E-state index in [4.69, 9.17) is 14.2 Å². The monoisotopic (exact) mass is 527 g/mol. The number of phenols is 1. The molecule has 1 aromatic heterocycles. The molecule has 0 atom stereocenters. The zero-order valence-electron chi connectivity index (χ0n) is 22.4. The van der Waals surface area contributed by atoms with Crippen LogP contribution in [0.2, 0.25) is 0 Å². The lowest BCUT2D eigenvalue weighted by Crippen LogP contribution is -2.35. The van der Waals surface area contributed by atoms with E-state index in [1.807, 2.05) is 48.1 Å². The van der Waals surface area contributed by atoms with E-state index in [0.717, 1.165) is 5.69 Å². The van der Waals surface area contributed by atoms with Gasteiger partial charge < -0.3 is 24.2 Å². The number of anilines is 1. The summed E-state index contributed by atoms with van der Waals surface area (Å²) in [5.74, 6) is 0.398. The van der Waals surface area contributed by atoms with Gasteiger partial charge in [-0.15, -0.1) is 0 Å². The van der Waals surface area contributed by atoms with Gasteiger partial charge in [-0.2, -0.15) is 0 Å². The molecule has 0 radical (unpaired) electrons. The van der Waals surface area contributed by atoms with Gasteiger partial charge in [0.25, 0.3) is 0 Å². The second kappa shape index (κ2) is 12.1. The molecular weight excluding hydrogens is 496 g/mol. The van der Waals surface area contributed by atoms with Gasteiger partial charge in [0, 0.05) is 31.9 Å². The molecule has 0 amide bonds. The third-order valence-corrected chi connectivity index (χ3v) is 6.29. The van der Waals surface area contributed by atoms with Gasteiger partial charge in [0.15, 0.2) is 18.9 Å². The maximum absolute atomic E-state index is 12.8. The Morgan fingerprint density at radius 1 is 0.744 bits per heavy atom. The van der Waals surface area contributed by atoms with E-state index in [2.05, 4.69) is 0 Å². The van der Waals surface area contributed by atoms with Crippen LogP contribution in [0.3, 0.4) is 0 Å². The maximum atomic E-state index is 12.8. The van der Waals surface area contributed by atoms with Gasteiger partial charge in [0.2, 0.25) is 0 Å². The van der Waals surface area contributed by atoms with Crippen LogP contribution in [0, 0.1) is 13.8 Å². The normalized spacial score (nSPS) is 10.6. The fraction of sp³-hybridized carbons (Fsp3) is 0.194. The van der Waals surface area contributed by atoms with Gasteiger partial charge >= 0.3 is 11.9 Å². The van der Waals surface area contributed by atoms with Crippen molar-refractivity contribution < 1.29 is 33.5 Å². The molecule has 3 aromatic carbocycles. The number of aromatic nitrogens is 1. The molecule has 4 aromatic rings. The second-order valence-corrected chi connectivity index (χ2v) is 9.20. The van der Waals surface area contributed by atoms with Crippen LogP contribution in [-0.2, 0) is 6.54 Å². The molecule has 0 unspecified atom stereocenters. The summed E-state index contributed by atoms with van der Waals surface area (Å²) in [6.45, 7) is 4.75. The number of benzene rings is 3. The topological polar surface area (TPSA) is 89.2 Å².